The van der Waals surface area contributed by atoms with E-state index in [4.69, 9.17) is 4.74 Å². The molecule has 0 aromatic heterocycles. The monoisotopic (exact) mass is 417 g/mol. The van der Waals surface area contributed by atoms with E-state index in [1.807, 2.05) is 0 Å². The van der Waals surface area contributed by atoms with Crippen LogP contribution in [0.25, 0.3) is 0 Å². The second-order valence-electron chi connectivity index (χ2n) is 9.20. The number of nitrogens with one attached hydrogen (secondary N) is 1. The van der Waals surface area contributed by atoms with Crippen molar-refractivity contribution < 1.29 is 18.7 Å². The highest BCUT2D eigenvalue weighted by atomic mass is 19.1. The minimum atomic E-state index is -0.819. The highest BCUT2D eigenvalue weighted by molar-refractivity contribution is 5.98. The second-order valence-corrected chi connectivity index (χ2v) is 9.20. The summed E-state index contributed by atoms with van der Waals surface area (Å²) in [7, 11) is 2.07. The molecule has 0 radical (unpaired) electrons. The van der Waals surface area contributed by atoms with Crippen LogP contribution in [0.2, 0.25) is 0 Å². The Morgan fingerprint density at radius 1 is 1.13 bits per heavy atom. The molecule has 1 spiro atoms. The number of rotatable bonds is 3. The van der Waals surface area contributed by atoms with Crippen LogP contribution < -0.4 is 5.32 Å². The molecule has 2 aliphatic heterocycles. The molecule has 3 aliphatic rings. The number of piperidine rings is 1. The first kappa shape index (κ1) is 21.2. The van der Waals surface area contributed by atoms with E-state index in [1.54, 1.807) is 17.0 Å². The van der Waals surface area contributed by atoms with Crippen LogP contribution in [0.15, 0.2) is 24.3 Å². The average Bonchev–Trinajstić information content (AvgIpc) is 3.11. The third kappa shape index (κ3) is 4.10. The van der Waals surface area contributed by atoms with E-state index in [0.717, 1.165) is 38.8 Å². The van der Waals surface area contributed by atoms with Crippen LogP contribution in [-0.4, -0.2) is 66.2 Å². The Balaban J connectivity index is 1.58. The van der Waals surface area contributed by atoms with Crippen molar-refractivity contribution >= 4 is 11.8 Å². The molecule has 4 rings (SSSR count). The Kier molecular flexibility index (Phi) is 6.11. The van der Waals surface area contributed by atoms with Gasteiger partial charge in [0.1, 0.15) is 17.6 Å². The van der Waals surface area contributed by atoms with Gasteiger partial charge in [0, 0.05) is 6.04 Å². The summed E-state index contributed by atoms with van der Waals surface area (Å²) in [5.41, 5.74) is -0.821. The van der Waals surface area contributed by atoms with Crippen molar-refractivity contribution in [1.82, 2.24) is 15.1 Å². The van der Waals surface area contributed by atoms with E-state index in [-0.39, 0.29) is 24.1 Å². The molecule has 3 fully saturated rings. The minimum absolute atomic E-state index is 0.00177. The normalized spacial score (nSPS) is 30.6. The van der Waals surface area contributed by atoms with E-state index in [9.17, 15) is 14.0 Å². The van der Waals surface area contributed by atoms with Gasteiger partial charge in [0.15, 0.2) is 0 Å². The number of ether oxygens (including phenoxy) is 1. The molecule has 30 heavy (non-hydrogen) atoms. The first-order chi connectivity index (χ1) is 14.4. The molecule has 1 N–H and O–H groups in total. The first-order valence-corrected chi connectivity index (χ1v) is 11.1. The standard InChI is InChI=1S/C23H32FN3O3/c1-16-7-11-23(12-8-16)27(22(29)18-5-3-4-6-19(18)24)20(15-30-23)21(28)25-17-9-13-26(2)14-10-17/h3-6,16-17,20H,7-15H2,1-2H3,(H,25,28). The van der Waals surface area contributed by atoms with Gasteiger partial charge in [-0.25, -0.2) is 4.39 Å². The molecule has 1 aliphatic carbocycles. The fraction of sp³-hybridized carbons (Fsp3) is 0.652. The molecule has 164 valence electrons. The highest BCUT2D eigenvalue weighted by Gasteiger charge is 2.54. The van der Waals surface area contributed by atoms with Gasteiger partial charge in [-0.3, -0.25) is 14.5 Å². The Morgan fingerprint density at radius 3 is 2.47 bits per heavy atom. The van der Waals surface area contributed by atoms with Crippen LogP contribution in [-0.2, 0) is 9.53 Å². The molecule has 7 heteroatoms. The summed E-state index contributed by atoms with van der Waals surface area (Å²) in [5, 5.41) is 3.13. The number of amides is 2. The molecule has 6 nitrogen and oxygen atoms in total. The SMILES string of the molecule is CC1CCC2(CC1)OCC(C(=O)NC1CCN(C)CC1)N2C(=O)c1ccccc1F. The zero-order chi connectivity index (χ0) is 21.3. The summed E-state index contributed by atoms with van der Waals surface area (Å²) in [4.78, 5) is 30.5. The van der Waals surface area contributed by atoms with Gasteiger partial charge in [-0.05, 0) is 76.7 Å². The summed E-state index contributed by atoms with van der Waals surface area (Å²) in [6.07, 6.45) is 4.97. The second kappa shape index (κ2) is 8.63. The Hall–Kier alpha value is -1.99. The fourth-order valence-electron chi connectivity index (χ4n) is 4.99. The van der Waals surface area contributed by atoms with Crippen molar-refractivity contribution in [2.75, 3.05) is 26.7 Å². The van der Waals surface area contributed by atoms with Gasteiger partial charge in [0.2, 0.25) is 5.91 Å². The van der Waals surface area contributed by atoms with Crippen molar-refractivity contribution in [1.29, 1.82) is 0 Å². The molecule has 2 saturated heterocycles. The van der Waals surface area contributed by atoms with Crippen LogP contribution >= 0.6 is 0 Å². The van der Waals surface area contributed by atoms with Crippen LogP contribution in [0, 0.1) is 11.7 Å². The predicted octanol–water partition coefficient (Wildman–Crippen LogP) is 2.78. The van der Waals surface area contributed by atoms with Gasteiger partial charge in [-0.1, -0.05) is 19.1 Å². The van der Waals surface area contributed by atoms with E-state index in [0.29, 0.717) is 18.8 Å². The van der Waals surface area contributed by atoms with Crippen LogP contribution in [0.5, 0.6) is 0 Å². The van der Waals surface area contributed by atoms with E-state index >= 15 is 0 Å². The lowest BCUT2D eigenvalue weighted by Crippen LogP contribution is -2.58. The molecule has 2 amide bonds. The Bertz CT molecular complexity index is 786. The van der Waals surface area contributed by atoms with Crippen molar-refractivity contribution in [3.8, 4) is 0 Å². The topological polar surface area (TPSA) is 61.9 Å². The summed E-state index contributed by atoms with van der Waals surface area (Å²) in [5.74, 6) is -0.659. The maximum atomic E-state index is 14.5. The predicted molar refractivity (Wildman–Crippen MR) is 111 cm³/mol. The third-order valence-corrected chi connectivity index (χ3v) is 7.01. The smallest absolute Gasteiger partial charge is 0.259 e. The Morgan fingerprint density at radius 2 is 1.80 bits per heavy atom. The van der Waals surface area contributed by atoms with Crippen LogP contribution in [0.1, 0.15) is 55.8 Å². The van der Waals surface area contributed by atoms with Gasteiger partial charge in [-0.2, -0.15) is 0 Å². The molecule has 1 aromatic carbocycles. The minimum Gasteiger partial charge on any atom is -0.353 e. The zero-order valence-electron chi connectivity index (χ0n) is 17.9. The lowest BCUT2D eigenvalue weighted by molar-refractivity contribution is -0.128. The number of carbonyl (C=O) groups excluding carboxylic acids is 2. The number of likely N-dealkylation sites (tertiary alicyclic amines) is 1. The summed E-state index contributed by atoms with van der Waals surface area (Å²) < 4.78 is 20.6. The number of hydrogen-bond donors (Lipinski definition) is 1. The lowest BCUT2D eigenvalue weighted by Gasteiger charge is -2.43. The largest absolute Gasteiger partial charge is 0.353 e. The summed E-state index contributed by atoms with van der Waals surface area (Å²) >= 11 is 0. The third-order valence-electron chi connectivity index (χ3n) is 7.01. The molecule has 0 bridgehead atoms. The summed E-state index contributed by atoms with van der Waals surface area (Å²) in [6.45, 7) is 4.22. The van der Waals surface area contributed by atoms with Crippen molar-refractivity contribution in [2.24, 2.45) is 5.92 Å². The molecule has 2 heterocycles. The van der Waals surface area contributed by atoms with Gasteiger partial charge in [0.25, 0.3) is 5.91 Å². The zero-order valence-corrected chi connectivity index (χ0v) is 17.9. The molecule has 1 aromatic rings. The van der Waals surface area contributed by atoms with E-state index < -0.39 is 23.5 Å². The molecular formula is C23H32FN3O3. The number of benzene rings is 1. The van der Waals surface area contributed by atoms with Crippen molar-refractivity contribution in [2.45, 2.75) is 63.3 Å². The van der Waals surface area contributed by atoms with Crippen LogP contribution in [0.3, 0.4) is 0 Å². The quantitative estimate of drug-likeness (QED) is 0.822. The Labute approximate surface area is 177 Å². The maximum absolute atomic E-state index is 14.5. The van der Waals surface area contributed by atoms with Gasteiger partial charge in [0.05, 0.1) is 12.2 Å². The van der Waals surface area contributed by atoms with Gasteiger partial charge < -0.3 is 15.0 Å². The average molecular weight is 418 g/mol. The molecule has 1 unspecified atom stereocenters. The van der Waals surface area contributed by atoms with Crippen molar-refractivity contribution in [3.05, 3.63) is 35.6 Å². The highest BCUT2D eigenvalue weighted by Crippen LogP contribution is 2.43. The van der Waals surface area contributed by atoms with Crippen molar-refractivity contribution in [3.63, 3.8) is 0 Å². The lowest BCUT2D eigenvalue weighted by atomic mass is 9.83. The first-order valence-electron chi connectivity index (χ1n) is 11.1. The maximum Gasteiger partial charge on any atom is 0.259 e. The number of carbonyl (C=O) groups is 2. The number of halogens is 1. The van der Waals surface area contributed by atoms with Gasteiger partial charge in [-0.15, -0.1) is 0 Å². The van der Waals surface area contributed by atoms with Crippen LogP contribution in [0.4, 0.5) is 4.39 Å². The number of hydrogen-bond acceptors (Lipinski definition) is 4. The van der Waals surface area contributed by atoms with E-state index in [2.05, 4.69) is 24.2 Å². The van der Waals surface area contributed by atoms with Gasteiger partial charge >= 0.3 is 0 Å². The molecule has 1 atom stereocenters. The van der Waals surface area contributed by atoms with E-state index in [1.165, 1.54) is 12.1 Å². The number of nitrogens with zero attached hydrogens (tertiary/aromatic N) is 2. The molecular weight excluding hydrogens is 385 g/mol. The fourth-order valence-corrected chi connectivity index (χ4v) is 4.99. The molecule has 1 saturated carbocycles. The summed E-state index contributed by atoms with van der Waals surface area (Å²) in [6, 6.07) is 5.35.